The van der Waals surface area contributed by atoms with Crippen LogP contribution in [0.5, 0.6) is 5.75 Å². The number of aryl methyl sites for hydroxylation is 2. The zero-order valence-corrected chi connectivity index (χ0v) is 17.6. The Balaban J connectivity index is 1.99. The van der Waals surface area contributed by atoms with Crippen molar-refractivity contribution in [1.29, 1.82) is 0 Å². The summed E-state index contributed by atoms with van der Waals surface area (Å²) in [5.74, 6) is 1.08. The van der Waals surface area contributed by atoms with E-state index in [2.05, 4.69) is 4.98 Å². The van der Waals surface area contributed by atoms with Gasteiger partial charge in [0, 0.05) is 18.4 Å². The number of hydrogen-bond acceptors (Lipinski definition) is 5. The van der Waals surface area contributed by atoms with E-state index >= 15 is 0 Å². The van der Waals surface area contributed by atoms with Crippen LogP contribution >= 0.6 is 0 Å². The molecule has 9 heteroatoms. The van der Waals surface area contributed by atoms with Crippen LogP contribution in [-0.2, 0) is 24.9 Å². The summed E-state index contributed by atoms with van der Waals surface area (Å²) in [5, 5.41) is 0. The van der Waals surface area contributed by atoms with Gasteiger partial charge in [-0.15, -0.1) is 0 Å². The highest BCUT2D eigenvalue weighted by atomic mass is 16.5. The van der Waals surface area contributed by atoms with Crippen molar-refractivity contribution in [2.45, 2.75) is 33.9 Å². The van der Waals surface area contributed by atoms with Crippen LogP contribution in [0, 0.1) is 13.8 Å². The quantitative estimate of drug-likeness (QED) is 0.497. The molecule has 0 amide bonds. The van der Waals surface area contributed by atoms with Gasteiger partial charge in [-0.2, -0.15) is 4.98 Å². The van der Waals surface area contributed by atoms with Crippen LogP contribution in [0.4, 0.5) is 0 Å². The van der Waals surface area contributed by atoms with Gasteiger partial charge in [0.2, 0.25) is 5.78 Å². The minimum atomic E-state index is -0.556. The molecule has 0 spiro atoms. The zero-order valence-electron chi connectivity index (χ0n) is 17.6. The molecule has 4 rings (SSSR count). The first kappa shape index (κ1) is 19.7. The largest absolute Gasteiger partial charge is 0.497 e. The Morgan fingerprint density at radius 3 is 2.33 bits per heavy atom. The lowest BCUT2D eigenvalue weighted by atomic mass is 10.2. The van der Waals surface area contributed by atoms with Crippen molar-refractivity contribution in [3.63, 3.8) is 0 Å². The number of ketones is 1. The van der Waals surface area contributed by atoms with Crippen LogP contribution in [-0.4, -0.2) is 36.0 Å². The molecule has 0 saturated carbocycles. The third kappa shape index (κ3) is 2.85. The predicted molar refractivity (Wildman–Crippen MR) is 112 cm³/mol. The van der Waals surface area contributed by atoms with Gasteiger partial charge < -0.3 is 9.30 Å². The third-order valence-corrected chi connectivity index (χ3v) is 5.51. The monoisotopic (exact) mass is 409 g/mol. The Morgan fingerprint density at radius 1 is 1.07 bits per heavy atom. The van der Waals surface area contributed by atoms with Crippen LogP contribution in [0.1, 0.15) is 23.9 Å². The summed E-state index contributed by atoms with van der Waals surface area (Å²) in [6, 6.07) is 7.74. The van der Waals surface area contributed by atoms with Crippen LogP contribution in [0.15, 0.2) is 33.9 Å². The van der Waals surface area contributed by atoms with Gasteiger partial charge in [0.1, 0.15) is 11.5 Å². The van der Waals surface area contributed by atoms with Crippen molar-refractivity contribution >= 4 is 22.7 Å². The average Bonchev–Trinajstić information content (AvgIpc) is 3.22. The van der Waals surface area contributed by atoms with Crippen molar-refractivity contribution in [1.82, 2.24) is 23.1 Å². The van der Waals surface area contributed by atoms with Gasteiger partial charge in [-0.1, -0.05) is 12.1 Å². The molecule has 0 aliphatic carbocycles. The summed E-state index contributed by atoms with van der Waals surface area (Å²) in [5.41, 5.74) is 2.38. The van der Waals surface area contributed by atoms with Crippen LogP contribution in [0.3, 0.4) is 0 Å². The predicted octanol–water partition coefficient (Wildman–Crippen LogP) is 1.41. The molecule has 0 fully saturated rings. The maximum Gasteiger partial charge on any atom is 0.332 e. The second-order valence-corrected chi connectivity index (χ2v) is 7.46. The Kier molecular flexibility index (Phi) is 4.60. The molecule has 3 aromatic heterocycles. The van der Waals surface area contributed by atoms with E-state index in [-0.39, 0.29) is 12.3 Å². The first-order valence-electron chi connectivity index (χ1n) is 9.54. The minimum Gasteiger partial charge on any atom is -0.497 e. The van der Waals surface area contributed by atoms with Crippen molar-refractivity contribution in [3.8, 4) is 5.75 Å². The molecule has 9 nitrogen and oxygen atoms in total. The maximum atomic E-state index is 13.1. The SMILES string of the molecule is COc1ccc(Cn2c(C)c(C)n3c4c(=O)n(CC(C)=O)c(=O)n(C)c4nc23)cc1. The fraction of sp³-hybridized carbons (Fsp3) is 0.333. The maximum absolute atomic E-state index is 13.1. The summed E-state index contributed by atoms with van der Waals surface area (Å²) >= 11 is 0. The number of imidazole rings is 2. The number of Topliss-reactive ketones (excluding diaryl/α,β-unsaturated/α-hetero) is 1. The number of benzene rings is 1. The number of rotatable bonds is 5. The number of hydrogen-bond donors (Lipinski definition) is 0. The summed E-state index contributed by atoms with van der Waals surface area (Å²) in [6.07, 6.45) is 0. The first-order valence-corrected chi connectivity index (χ1v) is 9.54. The van der Waals surface area contributed by atoms with Crippen LogP contribution < -0.4 is 16.0 Å². The van der Waals surface area contributed by atoms with Crippen molar-refractivity contribution < 1.29 is 9.53 Å². The van der Waals surface area contributed by atoms with E-state index in [0.717, 1.165) is 27.3 Å². The number of methoxy groups -OCH3 is 1. The summed E-state index contributed by atoms with van der Waals surface area (Å²) in [6.45, 7) is 5.51. The Labute approximate surface area is 171 Å². The molecule has 0 unspecified atom stereocenters. The number of carbonyl (C=O) groups excluding carboxylic acids is 1. The number of ether oxygens (including phenoxy) is 1. The second kappa shape index (κ2) is 7.01. The Hall–Kier alpha value is -3.62. The van der Waals surface area contributed by atoms with E-state index in [1.165, 1.54) is 11.5 Å². The summed E-state index contributed by atoms with van der Waals surface area (Å²) in [7, 11) is 3.18. The number of nitrogens with zero attached hydrogens (tertiary/aromatic N) is 5. The minimum absolute atomic E-state index is 0.265. The molecule has 0 bridgehead atoms. The molecule has 1 aromatic carbocycles. The average molecular weight is 409 g/mol. The zero-order chi connectivity index (χ0) is 21.7. The molecule has 0 aliphatic heterocycles. The normalized spacial score (nSPS) is 11.5. The second-order valence-electron chi connectivity index (χ2n) is 7.46. The van der Waals surface area contributed by atoms with Gasteiger partial charge in [0.25, 0.3) is 5.56 Å². The van der Waals surface area contributed by atoms with E-state index in [9.17, 15) is 14.4 Å². The molecule has 156 valence electrons. The molecule has 0 atom stereocenters. The molecular formula is C21H23N5O4. The fourth-order valence-corrected chi connectivity index (χ4v) is 3.78. The molecule has 3 heterocycles. The highest BCUT2D eigenvalue weighted by Gasteiger charge is 2.23. The fourth-order valence-electron chi connectivity index (χ4n) is 3.78. The van der Waals surface area contributed by atoms with E-state index < -0.39 is 11.2 Å². The van der Waals surface area contributed by atoms with Crippen molar-refractivity contribution in [2.75, 3.05) is 7.11 Å². The van der Waals surface area contributed by atoms with E-state index in [0.29, 0.717) is 23.5 Å². The van der Waals surface area contributed by atoms with E-state index in [1.54, 1.807) is 18.6 Å². The first-order chi connectivity index (χ1) is 14.2. The van der Waals surface area contributed by atoms with Gasteiger partial charge >= 0.3 is 5.69 Å². The topological polar surface area (TPSA) is 92.5 Å². The number of aromatic nitrogens is 5. The lowest BCUT2D eigenvalue weighted by molar-refractivity contribution is -0.117. The lowest BCUT2D eigenvalue weighted by Crippen LogP contribution is -2.40. The number of carbonyl (C=O) groups is 1. The molecule has 30 heavy (non-hydrogen) atoms. The van der Waals surface area contributed by atoms with E-state index in [1.807, 2.05) is 42.7 Å². The molecule has 0 aliphatic rings. The van der Waals surface area contributed by atoms with Crippen molar-refractivity contribution in [3.05, 3.63) is 62.1 Å². The molecule has 0 radical (unpaired) electrons. The third-order valence-electron chi connectivity index (χ3n) is 5.51. The van der Waals surface area contributed by atoms with Crippen molar-refractivity contribution in [2.24, 2.45) is 7.05 Å². The van der Waals surface area contributed by atoms with Crippen LogP contribution in [0.25, 0.3) is 16.9 Å². The van der Waals surface area contributed by atoms with Crippen LogP contribution in [0.2, 0.25) is 0 Å². The molecule has 0 N–H and O–H groups in total. The number of fused-ring (bicyclic) bond motifs is 3. The van der Waals surface area contributed by atoms with Gasteiger partial charge in [0.05, 0.1) is 20.2 Å². The lowest BCUT2D eigenvalue weighted by Gasteiger charge is -2.08. The van der Waals surface area contributed by atoms with Gasteiger partial charge in [-0.3, -0.25) is 23.1 Å². The van der Waals surface area contributed by atoms with Gasteiger partial charge in [0.15, 0.2) is 11.2 Å². The van der Waals surface area contributed by atoms with Gasteiger partial charge in [-0.25, -0.2) is 4.79 Å². The standard InChI is InChI=1S/C21H23N5O4/c1-12(27)10-25-19(28)17-18(23(4)21(25)29)22-20-24(13(2)14(3)26(17)20)11-15-6-8-16(30-5)9-7-15/h6-9H,10-11H2,1-5H3. The van der Waals surface area contributed by atoms with E-state index in [4.69, 9.17) is 4.74 Å². The molecule has 4 aromatic rings. The summed E-state index contributed by atoms with van der Waals surface area (Å²) < 4.78 is 11.3. The smallest absolute Gasteiger partial charge is 0.332 e. The molecular weight excluding hydrogens is 386 g/mol. The highest BCUT2D eigenvalue weighted by molar-refractivity contribution is 5.78. The summed E-state index contributed by atoms with van der Waals surface area (Å²) in [4.78, 5) is 42.0. The Morgan fingerprint density at radius 2 is 1.73 bits per heavy atom. The van der Waals surface area contributed by atoms with Gasteiger partial charge in [-0.05, 0) is 38.5 Å². The Bertz CT molecular complexity index is 1420. The highest BCUT2D eigenvalue weighted by Crippen LogP contribution is 2.22. The molecule has 0 saturated heterocycles.